The van der Waals surface area contributed by atoms with Crippen LogP contribution in [0.2, 0.25) is 0 Å². The van der Waals surface area contributed by atoms with Gasteiger partial charge in [0, 0.05) is 10.4 Å². The largest absolute Gasteiger partial charge is 0.475 e. The van der Waals surface area contributed by atoms with E-state index < -0.39 is 5.97 Å². The monoisotopic (exact) mass is 307 g/mol. The maximum atomic E-state index is 11.0. The number of carboxylic acids is 1. The minimum atomic E-state index is -1.09. The number of aromatic nitrogens is 3. The second kappa shape index (κ2) is 4.20. The molecule has 1 aromatic carbocycles. The van der Waals surface area contributed by atoms with Gasteiger partial charge in [-0.1, -0.05) is 12.1 Å². The normalized spacial score (nSPS) is 14.7. The minimum absolute atomic E-state index is 0.146. The van der Waals surface area contributed by atoms with Gasteiger partial charge < -0.3 is 5.11 Å². The van der Waals surface area contributed by atoms with Crippen LogP contribution in [0.3, 0.4) is 0 Å². The number of para-hydroxylation sites is 1. The molecule has 0 radical (unpaired) electrons. The maximum absolute atomic E-state index is 11.0. The number of hydrogen-bond acceptors (Lipinski definition) is 3. The summed E-state index contributed by atoms with van der Waals surface area (Å²) in [5.41, 5.74) is 0.819. The Morgan fingerprint density at radius 1 is 1.39 bits per heavy atom. The van der Waals surface area contributed by atoms with E-state index in [-0.39, 0.29) is 5.82 Å². The van der Waals surface area contributed by atoms with Crippen molar-refractivity contribution >= 4 is 21.9 Å². The summed E-state index contributed by atoms with van der Waals surface area (Å²) >= 11 is 3.45. The van der Waals surface area contributed by atoms with Crippen molar-refractivity contribution in [3.8, 4) is 5.69 Å². The Kier molecular flexibility index (Phi) is 2.66. The third-order valence-electron chi connectivity index (χ3n) is 2.85. The summed E-state index contributed by atoms with van der Waals surface area (Å²) in [6.07, 6.45) is 2.09. The van der Waals surface area contributed by atoms with E-state index in [1.165, 1.54) is 0 Å². The first-order chi connectivity index (χ1) is 8.66. The van der Waals surface area contributed by atoms with Gasteiger partial charge in [-0.25, -0.2) is 14.5 Å². The van der Waals surface area contributed by atoms with Crippen molar-refractivity contribution in [3.05, 3.63) is 40.4 Å². The molecule has 0 spiro atoms. The molecule has 5 nitrogen and oxygen atoms in total. The average molecular weight is 308 g/mol. The molecule has 1 fully saturated rings. The van der Waals surface area contributed by atoms with Crippen LogP contribution in [0.15, 0.2) is 28.7 Å². The van der Waals surface area contributed by atoms with Crippen molar-refractivity contribution in [2.45, 2.75) is 18.8 Å². The topological polar surface area (TPSA) is 68.0 Å². The van der Waals surface area contributed by atoms with E-state index >= 15 is 0 Å². The number of aromatic carboxylic acids is 1. The van der Waals surface area contributed by atoms with Crippen molar-refractivity contribution in [2.75, 3.05) is 0 Å². The highest BCUT2D eigenvalue weighted by Gasteiger charge is 2.31. The van der Waals surface area contributed by atoms with Crippen molar-refractivity contribution in [1.29, 1.82) is 0 Å². The Bertz CT molecular complexity index is 620. The highest BCUT2D eigenvalue weighted by atomic mass is 79.9. The Balaban J connectivity index is 2.15. The van der Waals surface area contributed by atoms with E-state index in [2.05, 4.69) is 26.0 Å². The quantitative estimate of drug-likeness (QED) is 0.946. The predicted molar refractivity (Wildman–Crippen MR) is 68.0 cm³/mol. The number of carboxylic acid groups (broad SMARTS) is 1. The van der Waals surface area contributed by atoms with Gasteiger partial charge in [-0.15, -0.1) is 5.10 Å². The molecule has 1 aromatic heterocycles. The summed E-state index contributed by atoms with van der Waals surface area (Å²) in [4.78, 5) is 15.1. The maximum Gasteiger partial charge on any atom is 0.375 e. The summed E-state index contributed by atoms with van der Waals surface area (Å²) < 4.78 is 2.50. The second-order valence-corrected chi connectivity index (χ2v) is 5.09. The van der Waals surface area contributed by atoms with Crippen LogP contribution in [0.25, 0.3) is 5.69 Å². The van der Waals surface area contributed by atoms with Gasteiger partial charge in [0.2, 0.25) is 0 Å². The smallest absolute Gasteiger partial charge is 0.375 e. The van der Waals surface area contributed by atoms with E-state index in [4.69, 9.17) is 5.11 Å². The lowest BCUT2D eigenvalue weighted by atomic mass is 10.3. The summed E-state index contributed by atoms with van der Waals surface area (Å²) in [5, 5.41) is 13.1. The second-order valence-electron chi connectivity index (χ2n) is 4.24. The number of benzene rings is 1. The van der Waals surface area contributed by atoms with Gasteiger partial charge >= 0.3 is 5.97 Å². The fourth-order valence-electron chi connectivity index (χ4n) is 1.82. The third kappa shape index (κ3) is 1.92. The van der Waals surface area contributed by atoms with Crippen molar-refractivity contribution < 1.29 is 9.90 Å². The summed E-state index contributed by atoms with van der Waals surface area (Å²) in [6.45, 7) is 0. The molecule has 0 bridgehead atoms. The molecular formula is C12H10BrN3O2. The summed E-state index contributed by atoms with van der Waals surface area (Å²) in [6, 6.07) is 7.57. The van der Waals surface area contributed by atoms with E-state index in [0.717, 1.165) is 28.8 Å². The fraction of sp³-hybridized carbons (Fsp3) is 0.250. The molecule has 0 saturated heterocycles. The van der Waals surface area contributed by atoms with E-state index in [1.54, 1.807) is 4.68 Å². The Morgan fingerprint density at radius 2 is 2.11 bits per heavy atom. The predicted octanol–water partition coefficient (Wildman–Crippen LogP) is 2.61. The van der Waals surface area contributed by atoms with Gasteiger partial charge in [-0.05, 0) is 40.9 Å². The van der Waals surface area contributed by atoms with Crippen LogP contribution in [-0.2, 0) is 0 Å². The van der Waals surface area contributed by atoms with Gasteiger partial charge in [-0.2, -0.15) is 0 Å². The summed E-state index contributed by atoms with van der Waals surface area (Å²) in [5.74, 6) is -0.174. The average Bonchev–Trinajstić information content (AvgIpc) is 3.09. The van der Waals surface area contributed by atoms with Crippen molar-refractivity contribution in [1.82, 2.24) is 14.8 Å². The standard InChI is InChI=1S/C12H10BrN3O2/c13-8-3-1-2-4-9(8)16-11(7-5-6-7)14-10(15-16)12(17)18/h1-4,7H,5-6H2,(H,17,18). The Labute approximate surface area is 112 Å². The molecule has 1 aliphatic rings. The first kappa shape index (κ1) is 11.4. The van der Waals surface area contributed by atoms with Gasteiger partial charge in [0.15, 0.2) is 0 Å². The number of hydrogen-bond donors (Lipinski definition) is 1. The Morgan fingerprint density at radius 3 is 2.72 bits per heavy atom. The van der Waals surface area contributed by atoms with E-state index in [1.807, 2.05) is 24.3 Å². The van der Waals surface area contributed by atoms with Crippen molar-refractivity contribution in [3.63, 3.8) is 0 Å². The first-order valence-electron chi connectivity index (χ1n) is 5.62. The first-order valence-corrected chi connectivity index (χ1v) is 6.41. The fourth-order valence-corrected chi connectivity index (χ4v) is 2.27. The molecule has 3 rings (SSSR count). The molecule has 1 aliphatic carbocycles. The molecule has 0 amide bonds. The third-order valence-corrected chi connectivity index (χ3v) is 3.52. The van der Waals surface area contributed by atoms with Crippen LogP contribution >= 0.6 is 15.9 Å². The molecule has 1 N–H and O–H groups in total. The Hall–Kier alpha value is -1.69. The lowest BCUT2D eigenvalue weighted by Gasteiger charge is -2.06. The number of carbonyl (C=O) groups is 1. The number of rotatable bonds is 3. The zero-order chi connectivity index (χ0) is 12.7. The SMILES string of the molecule is O=C(O)c1nc(C2CC2)n(-c2ccccc2Br)n1. The van der Waals surface area contributed by atoms with E-state index in [9.17, 15) is 4.79 Å². The zero-order valence-electron chi connectivity index (χ0n) is 9.38. The minimum Gasteiger partial charge on any atom is -0.475 e. The number of nitrogens with zero attached hydrogens (tertiary/aromatic N) is 3. The molecule has 1 saturated carbocycles. The lowest BCUT2D eigenvalue weighted by Crippen LogP contribution is -2.03. The highest BCUT2D eigenvalue weighted by molar-refractivity contribution is 9.10. The van der Waals surface area contributed by atoms with Gasteiger partial charge in [0.25, 0.3) is 5.82 Å². The van der Waals surface area contributed by atoms with E-state index in [0.29, 0.717) is 5.92 Å². The molecule has 18 heavy (non-hydrogen) atoms. The van der Waals surface area contributed by atoms with Crippen LogP contribution < -0.4 is 0 Å². The van der Waals surface area contributed by atoms with Crippen LogP contribution in [-0.4, -0.2) is 25.8 Å². The summed E-state index contributed by atoms with van der Waals surface area (Å²) in [7, 11) is 0. The van der Waals surface area contributed by atoms with Crippen LogP contribution in [0.5, 0.6) is 0 Å². The molecule has 6 heteroatoms. The molecule has 2 aromatic rings. The number of halogens is 1. The molecule has 0 aliphatic heterocycles. The highest BCUT2D eigenvalue weighted by Crippen LogP contribution is 2.40. The van der Waals surface area contributed by atoms with Crippen molar-refractivity contribution in [2.24, 2.45) is 0 Å². The van der Waals surface area contributed by atoms with Crippen LogP contribution in [0.1, 0.15) is 35.2 Å². The van der Waals surface area contributed by atoms with Crippen LogP contribution in [0, 0.1) is 0 Å². The molecule has 0 atom stereocenters. The van der Waals surface area contributed by atoms with Gasteiger partial charge in [0.05, 0.1) is 5.69 Å². The van der Waals surface area contributed by atoms with Gasteiger partial charge in [0.1, 0.15) is 5.82 Å². The molecule has 92 valence electrons. The van der Waals surface area contributed by atoms with Gasteiger partial charge in [-0.3, -0.25) is 0 Å². The van der Waals surface area contributed by atoms with Crippen LogP contribution in [0.4, 0.5) is 0 Å². The molecule has 0 unspecified atom stereocenters. The lowest BCUT2D eigenvalue weighted by molar-refractivity contribution is 0.0683. The zero-order valence-corrected chi connectivity index (χ0v) is 11.0. The molecular weight excluding hydrogens is 298 g/mol. The molecule has 1 heterocycles.